The van der Waals surface area contributed by atoms with E-state index in [4.69, 9.17) is 14.2 Å². The Morgan fingerprint density at radius 1 is 0.917 bits per heavy atom. The lowest BCUT2D eigenvalue weighted by Crippen LogP contribution is -2.57. The Bertz CT molecular complexity index is 1000. The molecule has 0 unspecified atom stereocenters. The quantitative estimate of drug-likeness (QED) is 0.451. The van der Waals surface area contributed by atoms with E-state index >= 15 is 0 Å². The predicted molar refractivity (Wildman–Crippen MR) is 135 cm³/mol. The molecule has 0 spiro atoms. The summed E-state index contributed by atoms with van der Waals surface area (Å²) in [4.78, 5) is 38.2. The van der Waals surface area contributed by atoms with Crippen molar-refractivity contribution in [3.05, 3.63) is 71.8 Å². The summed E-state index contributed by atoms with van der Waals surface area (Å²) in [5, 5.41) is 5.62. The SMILES string of the molecule is CC(C)(C)OC(=O)NC1(CC(=O)N[C@@H](COCc2ccccc2)C(=O)OCc2ccccc2)CCC1. The fourth-order valence-corrected chi connectivity index (χ4v) is 3.89. The molecule has 0 saturated heterocycles. The first-order valence-corrected chi connectivity index (χ1v) is 12.3. The molecule has 1 aliphatic rings. The lowest BCUT2D eigenvalue weighted by Gasteiger charge is -2.42. The van der Waals surface area contributed by atoms with Gasteiger partial charge in [-0.25, -0.2) is 9.59 Å². The van der Waals surface area contributed by atoms with Crippen molar-refractivity contribution >= 4 is 18.0 Å². The zero-order chi connectivity index (χ0) is 26.0. The molecule has 8 nitrogen and oxygen atoms in total. The molecule has 0 radical (unpaired) electrons. The summed E-state index contributed by atoms with van der Waals surface area (Å²) < 4.78 is 16.6. The van der Waals surface area contributed by atoms with Crippen molar-refractivity contribution < 1.29 is 28.6 Å². The van der Waals surface area contributed by atoms with Crippen LogP contribution in [-0.2, 0) is 37.0 Å². The van der Waals surface area contributed by atoms with E-state index in [1.807, 2.05) is 60.7 Å². The second-order valence-electron chi connectivity index (χ2n) is 10.2. The van der Waals surface area contributed by atoms with E-state index in [0.29, 0.717) is 19.4 Å². The van der Waals surface area contributed by atoms with Crippen LogP contribution in [0.5, 0.6) is 0 Å². The van der Waals surface area contributed by atoms with Gasteiger partial charge in [0, 0.05) is 6.42 Å². The highest BCUT2D eigenvalue weighted by Crippen LogP contribution is 2.35. The Hall–Kier alpha value is -3.39. The molecule has 8 heteroatoms. The number of esters is 1. The van der Waals surface area contributed by atoms with Gasteiger partial charge in [0.05, 0.1) is 18.8 Å². The van der Waals surface area contributed by atoms with Gasteiger partial charge in [0.25, 0.3) is 0 Å². The van der Waals surface area contributed by atoms with Gasteiger partial charge >= 0.3 is 12.1 Å². The largest absolute Gasteiger partial charge is 0.459 e. The molecule has 2 amide bonds. The van der Waals surface area contributed by atoms with Gasteiger partial charge < -0.3 is 24.8 Å². The third-order valence-corrected chi connectivity index (χ3v) is 5.82. The minimum absolute atomic E-state index is 0.0351. The second kappa shape index (κ2) is 12.5. The fourth-order valence-electron chi connectivity index (χ4n) is 3.89. The Labute approximate surface area is 212 Å². The minimum Gasteiger partial charge on any atom is -0.459 e. The first-order valence-electron chi connectivity index (χ1n) is 12.3. The summed E-state index contributed by atoms with van der Waals surface area (Å²) in [5.74, 6) is -0.946. The van der Waals surface area contributed by atoms with Gasteiger partial charge in [-0.05, 0) is 51.2 Å². The number of carbonyl (C=O) groups is 3. The zero-order valence-corrected chi connectivity index (χ0v) is 21.3. The standard InChI is InChI=1S/C28H36N2O6/c1-27(2,3)36-26(33)30-28(15-10-16-28)17-24(31)29-23(20-34-18-21-11-6-4-7-12-21)25(32)35-19-22-13-8-5-9-14-22/h4-9,11-14,23H,10,15-20H2,1-3H3,(H,29,31)(H,30,33)/t23-/m0/s1. The molecule has 36 heavy (non-hydrogen) atoms. The van der Waals surface area contributed by atoms with Crippen molar-refractivity contribution in [2.45, 2.75) is 76.9 Å². The van der Waals surface area contributed by atoms with E-state index in [1.165, 1.54) is 0 Å². The van der Waals surface area contributed by atoms with E-state index in [2.05, 4.69) is 10.6 Å². The topological polar surface area (TPSA) is 103 Å². The Morgan fingerprint density at radius 3 is 2.03 bits per heavy atom. The van der Waals surface area contributed by atoms with Crippen LogP contribution in [0, 0.1) is 0 Å². The molecule has 0 aliphatic heterocycles. The van der Waals surface area contributed by atoms with Crippen molar-refractivity contribution in [2.24, 2.45) is 0 Å². The predicted octanol–water partition coefficient (Wildman–Crippen LogP) is 4.27. The smallest absolute Gasteiger partial charge is 0.408 e. The summed E-state index contributed by atoms with van der Waals surface area (Å²) >= 11 is 0. The maximum Gasteiger partial charge on any atom is 0.408 e. The van der Waals surface area contributed by atoms with Crippen molar-refractivity contribution in [2.75, 3.05) is 6.61 Å². The molecule has 2 aromatic rings. The molecular weight excluding hydrogens is 460 g/mol. The molecule has 3 rings (SSSR count). The maximum atomic E-state index is 13.0. The van der Waals surface area contributed by atoms with Crippen molar-refractivity contribution in [3.63, 3.8) is 0 Å². The van der Waals surface area contributed by atoms with E-state index < -0.39 is 29.2 Å². The summed E-state index contributed by atoms with van der Waals surface area (Å²) in [5.41, 5.74) is 0.475. The molecule has 1 aliphatic carbocycles. The van der Waals surface area contributed by atoms with Crippen LogP contribution in [0.4, 0.5) is 4.79 Å². The number of carbonyl (C=O) groups excluding carboxylic acids is 3. The van der Waals surface area contributed by atoms with Crippen LogP contribution in [0.25, 0.3) is 0 Å². The van der Waals surface area contributed by atoms with E-state index in [-0.39, 0.29) is 25.5 Å². The minimum atomic E-state index is -0.983. The van der Waals surface area contributed by atoms with Gasteiger partial charge in [-0.3, -0.25) is 4.79 Å². The van der Waals surface area contributed by atoms with Gasteiger partial charge in [-0.1, -0.05) is 60.7 Å². The van der Waals surface area contributed by atoms with E-state index in [9.17, 15) is 14.4 Å². The summed E-state index contributed by atoms with van der Waals surface area (Å²) in [6, 6.07) is 17.9. The van der Waals surface area contributed by atoms with Gasteiger partial charge in [-0.15, -0.1) is 0 Å². The number of alkyl carbamates (subject to hydrolysis) is 1. The fraction of sp³-hybridized carbons (Fsp3) is 0.464. The molecule has 1 fully saturated rings. The Morgan fingerprint density at radius 2 is 1.50 bits per heavy atom. The van der Waals surface area contributed by atoms with Gasteiger partial charge in [0.1, 0.15) is 12.2 Å². The van der Waals surface area contributed by atoms with Crippen LogP contribution in [-0.4, -0.2) is 41.8 Å². The number of benzene rings is 2. The average molecular weight is 497 g/mol. The molecule has 1 saturated carbocycles. The molecule has 0 bridgehead atoms. The molecule has 2 N–H and O–H groups in total. The zero-order valence-electron chi connectivity index (χ0n) is 21.3. The molecule has 194 valence electrons. The number of nitrogens with one attached hydrogen (secondary N) is 2. The summed E-state index contributed by atoms with van der Waals surface area (Å²) in [6.07, 6.45) is 1.69. The highest BCUT2D eigenvalue weighted by molar-refractivity contribution is 5.85. The Kier molecular flexibility index (Phi) is 9.47. The van der Waals surface area contributed by atoms with Gasteiger partial charge in [0.15, 0.2) is 6.04 Å². The Balaban J connectivity index is 1.59. The van der Waals surface area contributed by atoms with Crippen LogP contribution in [0.15, 0.2) is 60.7 Å². The van der Waals surface area contributed by atoms with Crippen molar-refractivity contribution in [1.29, 1.82) is 0 Å². The second-order valence-corrected chi connectivity index (χ2v) is 10.2. The third kappa shape index (κ3) is 9.00. The monoisotopic (exact) mass is 496 g/mol. The third-order valence-electron chi connectivity index (χ3n) is 5.82. The molecule has 1 atom stereocenters. The molecular formula is C28H36N2O6. The van der Waals surface area contributed by atoms with E-state index in [0.717, 1.165) is 17.5 Å². The molecule has 2 aromatic carbocycles. The van der Waals surface area contributed by atoms with Crippen molar-refractivity contribution in [3.8, 4) is 0 Å². The number of rotatable bonds is 11. The van der Waals surface area contributed by atoms with E-state index in [1.54, 1.807) is 20.8 Å². The van der Waals surface area contributed by atoms with Crippen molar-refractivity contribution in [1.82, 2.24) is 10.6 Å². The number of amides is 2. The van der Waals surface area contributed by atoms with Crippen LogP contribution in [0.2, 0.25) is 0 Å². The lowest BCUT2D eigenvalue weighted by atomic mass is 9.74. The first-order chi connectivity index (χ1) is 17.1. The number of hydrogen-bond acceptors (Lipinski definition) is 6. The lowest BCUT2D eigenvalue weighted by molar-refractivity contribution is -0.151. The number of ether oxygens (including phenoxy) is 3. The first kappa shape index (κ1) is 27.2. The average Bonchev–Trinajstić information content (AvgIpc) is 2.80. The molecule has 0 aromatic heterocycles. The molecule has 0 heterocycles. The highest BCUT2D eigenvalue weighted by atomic mass is 16.6. The van der Waals surface area contributed by atoms with Gasteiger partial charge in [0.2, 0.25) is 5.91 Å². The van der Waals surface area contributed by atoms with Crippen LogP contribution in [0.3, 0.4) is 0 Å². The summed E-state index contributed by atoms with van der Waals surface area (Å²) in [6.45, 7) is 5.70. The normalized spacial score (nSPS) is 15.2. The highest BCUT2D eigenvalue weighted by Gasteiger charge is 2.42. The van der Waals surface area contributed by atoms with Crippen LogP contribution >= 0.6 is 0 Å². The van der Waals surface area contributed by atoms with Crippen LogP contribution < -0.4 is 10.6 Å². The number of hydrogen-bond donors (Lipinski definition) is 2. The van der Waals surface area contributed by atoms with Gasteiger partial charge in [-0.2, -0.15) is 0 Å². The summed E-state index contributed by atoms with van der Waals surface area (Å²) in [7, 11) is 0. The maximum absolute atomic E-state index is 13.0. The van der Waals surface area contributed by atoms with Crippen LogP contribution in [0.1, 0.15) is 57.6 Å².